The van der Waals surface area contributed by atoms with Crippen LogP contribution in [0.3, 0.4) is 0 Å². The predicted octanol–water partition coefficient (Wildman–Crippen LogP) is 2.92. The molecule has 0 aromatic heterocycles. The van der Waals surface area contributed by atoms with E-state index in [1.54, 1.807) is 12.0 Å². The molecule has 1 aliphatic heterocycles. The van der Waals surface area contributed by atoms with Crippen molar-refractivity contribution in [3.05, 3.63) is 54.6 Å². The average Bonchev–Trinajstić information content (AvgIpc) is 2.73. The number of nitrogens with zero attached hydrogens (tertiary/aromatic N) is 1. The topological polar surface area (TPSA) is 82.7 Å². The largest absolute Gasteiger partial charge is 0.495 e. The van der Waals surface area contributed by atoms with E-state index in [2.05, 4.69) is 16.0 Å². The summed E-state index contributed by atoms with van der Waals surface area (Å²) in [6, 6.07) is 16.9. The molecule has 7 nitrogen and oxygen atoms in total. The number of rotatable bonds is 6. The van der Waals surface area contributed by atoms with Crippen molar-refractivity contribution in [2.45, 2.75) is 18.9 Å². The lowest BCUT2D eigenvalue weighted by atomic mass is 10.1. The molecule has 0 atom stereocenters. The van der Waals surface area contributed by atoms with Crippen LogP contribution in [-0.2, 0) is 4.79 Å². The smallest absolute Gasteiger partial charge is 0.321 e. The Morgan fingerprint density at radius 1 is 1.04 bits per heavy atom. The highest BCUT2D eigenvalue weighted by molar-refractivity contribution is 5.89. The third-order valence-corrected chi connectivity index (χ3v) is 4.72. The van der Waals surface area contributed by atoms with E-state index in [1.807, 2.05) is 54.6 Å². The number of benzene rings is 2. The molecule has 0 radical (unpaired) electrons. The first-order chi connectivity index (χ1) is 13.7. The van der Waals surface area contributed by atoms with Gasteiger partial charge in [-0.1, -0.05) is 30.3 Å². The number of methoxy groups -OCH3 is 1. The van der Waals surface area contributed by atoms with Gasteiger partial charge in [0.25, 0.3) is 0 Å². The molecule has 0 unspecified atom stereocenters. The van der Waals surface area contributed by atoms with Gasteiger partial charge in [-0.2, -0.15) is 0 Å². The SMILES string of the molecule is COc1ccccc1NCC(=O)NC1CCN(C(=O)Nc2ccccc2)CC1. The molecule has 3 rings (SSSR count). The average molecular weight is 382 g/mol. The summed E-state index contributed by atoms with van der Waals surface area (Å²) in [5.74, 6) is 0.631. The zero-order valence-corrected chi connectivity index (χ0v) is 16.0. The number of amides is 3. The number of urea groups is 1. The zero-order chi connectivity index (χ0) is 19.8. The number of hydrogen-bond donors (Lipinski definition) is 3. The first kappa shape index (κ1) is 19.5. The lowest BCUT2D eigenvalue weighted by Crippen LogP contribution is -2.48. The number of carbonyl (C=O) groups excluding carboxylic acids is 2. The highest BCUT2D eigenvalue weighted by Crippen LogP contribution is 2.22. The molecule has 148 valence electrons. The summed E-state index contributed by atoms with van der Waals surface area (Å²) in [4.78, 5) is 26.3. The van der Waals surface area contributed by atoms with Gasteiger partial charge in [-0.3, -0.25) is 4.79 Å². The van der Waals surface area contributed by atoms with Gasteiger partial charge in [-0.25, -0.2) is 4.79 Å². The summed E-state index contributed by atoms with van der Waals surface area (Å²) in [6.07, 6.45) is 1.48. The second-order valence-corrected chi connectivity index (χ2v) is 6.68. The van der Waals surface area contributed by atoms with Crippen LogP contribution in [-0.4, -0.2) is 49.6 Å². The fourth-order valence-corrected chi connectivity index (χ4v) is 3.20. The van der Waals surface area contributed by atoms with Gasteiger partial charge < -0.3 is 25.6 Å². The molecular weight excluding hydrogens is 356 g/mol. The quantitative estimate of drug-likeness (QED) is 0.717. The number of hydrogen-bond acceptors (Lipinski definition) is 4. The Morgan fingerprint density at radius 2 is 1.71 bits per heavy atom. The van der Waals surface area contributed by atoms with Crippen molar-refractivity contribution in [1.82, 2.24) is 10.2 Å². The van der Waals surface area contributed by atoms with Crippen molar-refractivity contribution in [2.75, 3.05) is 37.4 Å². The molecule has 1 heterocycles. The van der Waals surface area contributed by atoms with Gasteiger partial charge in [0.15, 0.2) is 0 Å². The maximum absolute atomic E-state index is 12.3. The lowest BCUT2D eigenvalue weighted by Gasteiger charge is -2.32. The van der Waals surface area contributed by atoms with Gasteiger partial charge in [-0.15, -0.1) is 0 Å². The summed E-state index contributed by atoms with van der Waals surface area (Å²) in [5, 5.41) is 9.03. The predicted molar refractivity (Wildman–Crippen MR) is 110 cm³/mol. The summed E-state index contributed by atoms with van der Waals surface area (Å²) < 4.78 is 5.27. The zero-order valence-electron chi connectivity index (χ0n) is 16.0. The summed E-state index contributed by atoms with van der Waals surface area (Å²) >= 11 is 0. The highest BCUT2D eigenvalue weighted by Gasteiger charge is 2.23. The second-order valence-electron chi connectivity index (χ2n) is 6.68. The van der Waals surface area contributed by atoms with Crippen molar-refractivity contribution in [3.63, 3.8) is 0 Å². The summed E-state index contributed by atoms with van der Waals surface area (Å²) in [6.45, 7) is 1.40. The molecular formula is C21H26N4O3. The number of anilines is 2. The monoisotopic (exact) mass is 382 g/mol. The number of carbonyl (C=O) groups is 2. The van der Waals surface area contributed by atoms with Gasteiger partial charge in [0.05, 0.1) is 19.3 Å². The second kappa shape index (κ2) is 9.64. The molecule has 0 spiro atoms. The third kappa shape index (κ3) is 5.39. The molecule has 28 heavy (non-hydrogen) atoms. The molecule has 0 saturated carbocycles. The highest BCUT2D eigenvalue weighted by atomic mass is 16.5. The Balaban J connectivity index is 1.40. The molecule has 3 amide bonds. The molecule has 2 aromatic carbocycles. The van der Waals surface area contributed by atoms with Crippen LogP contribution in [0.1, 0.15) is 12.8 Å². The Morgan fingerprint density at radius 3 is 2.43 bits per heavy atom. The van der Waals surface area contributed by atoms with E-state index in [-0.39, 0.29) is 24.5 Å². The van der Waals surface area contributed by atoms with Crippen molar-refractivity contribution in [3.8, 4) is 5.75 Å². The summed E-state index contributed by atoms with van der Waals surface area (Å²) in [5.41, 5.74) is 1.57. The van der Waals surface area contributed by atoms with Crippen LogP contribution in [0.4, 0.5) is 16.2 Å². The molecule has 7 heteroatoms. The van der Waals surface area contributed by atoms with E-state index in [0.29, 0.717) is 18.8 Å². The van der Waals surface area contributed by atoms with E-state index >= 15 is 0 Å². The Hall–Kier alpha value is -3.22. The fraction of sp³-hybridized carbons (Fsp3) is 0.333. The number of para-hydroxylation sites is 3. The molecule has 0 bridgehead atoms. The first-order valence-corrected chi connectivity index (χ1v) is 9.43. The Kier molecular flexibility index (Phi) is 6.73. The van der Waals surface area contributed by atoms with Gasteiger partial charge in [0, 0.05) is 24.8 Å². The van der Waals surface area contributed by atoms with E-state index in [0.717, 1.165) is 24.2 Å². The van der Waals surface area contributed by atoms with Crippen LogP contribution >= 0.6 is 0 Å². The standard InChI is InChI=1S/C21H26N4O3/c1-28-19-10-6-5-9-18(19)22-15-20(26)23-17-11-13-25(14-12-17)21(27)24-16-7-3-2-4-8-16/h2-10,17,22H,11-15H2,1H3,(H,23,26)(H,24,27). The Bertz CT molecular complexity index is 789. The minimum absolute atomic E-state index is 0.0712. The number of nitrogens with one attached hydrogen (secondary N) is 3. The van der Waals surface area contributed by atoms with Crippen molar-refractivity contribution < 1.29 is 14.3 Å². The third-order valence-electron chi connectivity index (χ3n) is 4.72. The normalized spacial score (nSPS) is 14.2. The fourth-order valence-electron chi connectivity index (χ4n) is 3.20. The van der Waals surface area contributed by atoms with Gasteiger partial charge in [-0.05, 0) is 37.1 Å². The van der Waals surface area contributed by atoms with Crippen LogP contribution in [0.25, 0.3) is 0 Å². The molecule has 0 aliphatic carbocycles. The molecule has 1 saturated heterocycles. The van der Waals surface area contributed by atoms with Crippen LogP contribution < -0.4 is 20.7 Å². The number of piperidine rings is 1. The van der Waals surface area contributed by atoms with Gasteiger partial charge >= 0.3 is 6.03 Å². The maximum Gasteiger partial charge on any atom is 0.321 e. The lowest BCUT2D eigenvalue weighted by molar-refractivity contribution is -0.120. The van der Waals surface area contributed by atoms with E-state index in [4.69, 9.17) is 4.74 Å². The van der Waals surface area contributed by atoms with E-state index in [9.17, 15) is 9.59 Å². The summed E-state index contributed by atoms with van der Waals surface area (Å²) in [7, 11) is 1.60. The van der Waals surface area contributed by atoms with Crippen molar-refractivity contribution in [1.29, 1.82) is 0 Å². The maximum atomic E-state index is 12.3. The molecule has 1 fully saturated rings. The van der Waals surface area contributed by atoms with Crippen LogP contribution in [0.2, 0.25) is 0 Å². The molecule has 3 N–H and O–H groups in total. The Labute approximate surface area is 165 Å². The number of ether oxygens (including phenoxy) is 1. The van der Waals surface area contributed by atoms with Crippen molar-refractivity contribution >= 4 is 23.3 Å². The van der Waals surface area contributed by atoms with Gasteiger partial charge in [0.1, 0.15) is 5.75 Å². The van der Waals surface area contributed by atoms with Crippen LogP contribution in [0, 0.1) is 0 Å². The van der Waals surface area contributed by atoms with E-state index in [1.165, 1.54) is 0 Å². The van der Waals surface area contributed by atoms with Gasteiger partial charge in [0.2, 0.25) is 5.91 Å². The molecule has 2 aromatic rings. The van der Waals surface area contributed by atoms with Crippen LogP contribution in [0.15, 0.2) is 54.6 Å². The minimum Gasteiger partial charge on any atom is -0.495 e. The first-order valence-electron chi connectivity index (χ1n) is 9.43. The molecule has 1 aliphatic rings. The minimum atomic E-state index is -0.103. The van der Waals surface area contributed by atoms with E-state index < -0.39 is 0 Å². The number of likely N-dealkylation sites (tertiary alicyclic amines) is 1. The van der Waals surface area contributed by atoms with Crippen molar-refractivity contribution in [2.24, 2.45) is 0 Å². The van der Waals surface area contributed by atoms with Crippen LogP contribution in [0.5, 0.6) is 5.75 Å².